The van der Waals surface area contributed by atoms with Gasteiger partial charge >= 0.3 is 0 Å². The first-order valence-corrected chi connectivity index (χ1v) is 9.11. The highest BCUT2D eigenvalue weighted by atomic mass is 19.1. The minimum Gasteiger partial charge on any atom is -0.367 e. The Morgan fingerprint density at radius 1 is 1.11 bits per heavy atom. The average Bonchev–Trinajstić information content (AvgIpc) is 3.18. The van der Waals surface area contributed by atoms with Gasteiger partial charge in [0.05, 0.1) is 39.0 Å². The van der Waals surface area contributed by atoms with Crippen molar-refractivity contribution in [2.24, 2.45) is 11.8 Å². The van der Waals surface area contributed by atoms with Gasteiger partial charge in [-0.1, -0.05) is 12.1 Å². The monoisotopic (exact) mass is 384 g/mol. The third-order valence-electron chi connectivity index (χ3n) is 6.59. The van der Waals surface area contributed by atoms with Crippen molar-refractivity contribution in [3.8, 4) is 0 Å². The first-order valence-electron chi connectivity index (χ1n) is 9.11. The van der Waals surface area contributed by atoms with Crippen LogP contribution in [0.2, 0.25) is 0 Å². The summed E-state index contributed by atoms with van der Waals surface area (Å²) in [5, 5.41) is 11.3. The van der Waals surface area contributed by atoms with E-state index in [1.54, 1.807) is 0 Å². The number of carbonyl (C=O) groups is 2. The number of ether oxygens (including phenoxy) is 1. The van der Waals surface area contributed by atoms with Crippen molar-refractivity contribution in [1.82, 2.24) is 0 Å². The van der Waals surface area contributed by atoms with Crippen LogP contribution in [0.1, 0.15) is 26.7 Å². The molecular formula is C20H17FN2O5. The maximum Gasteiger partial charge on any atom is 0.280 e. The van der Waals surface area contributed by atoms with E-state index in [0.717, 1.165) is 17.0 Å². The molecule has 2 aromatic rings. The first kappa shape index (κ1) is 17.2. The molecule has 2 amide bonds. The van der Waals surface area contributed by atoms with Crippen molar-refractivity contribution >= 4 is 34.0 Å². The van der Waals surface area contributed by atoms with Crippen molar-refractivity contribution in [2.75, 3.05) is 4.90 Å². The second-order valence-corrected chi connectivity index (χ2v) is 8.22. The van der Waals surface area contributed by atoms with Gasteiger partial charge in [-0.05, 0) is 38.8 Å². The molecule has 144 valence electrons. The molecule has 2 bridgehead atoms. The molecule has 8 heteroatoms. The Morgan fingerprint density at radius 3 is 2.29 bits per heavy atom. The molecule has 5 rings (SSSR count). The number of halogens is 1. The minimum atomic E-state index is -0.771. The molecule has 28 heavy (non-hydrogen) atoms. The van der Waals surface area contributed by atoms with E-state index in [0.29, 0.717) is 12.8 Å². The fraction of sp³-hybridized carbons (Fsp3) is 0.400. The predicted octanol–water partition coefficient (Wildman–Crippen LogP) is 3.33. The topological polar surface area (TPSA) is 89.8 Å². The highest BCUT2D eigenvalue weighted by Crippen LogP contribution is 2.61. The van der Waals surface area contributed by atoms with Gasteiger partial charge in [-0.15, -0.1) is 0 Å². The number of fused-ring (bicyclic) bond motifs is 6. The minimum absolute atomic E-state index is 0.166. The number of nitro benzene ring substituents is 1. The molecule has 0 saturated carbocycles. The van der Waals surface area contributed by atoms with Crippen LogP contribution in [0, 0.1) is 27.8 Å². The van der Waals surface area contributed by atoms with Gasteiger partial charge in [0.1, 0.15) is 5.82 Å². The summed E-state index contributed by atoms with van der Waals surface area (Å²) < 4.78 is 20.5. The Hall–Kier alpha value is -2.87. The molecule has 1 unspecified atom stereocenters. The first-order chi connectivity index (χ1) is 13.2. The van der Waals surface area contributed by atoms with E-state index < -0.39 is 39.5 Å². The zero-order valence-electron chi connectivity index (χ0n) is 15.3. The number of nitro groups is 1. The smallest absolute Gasteiger partial charge is 0.280 e. The Bertz CT molecular complexity index is 1070. The van der Waals surface area contributed by atoms with E-state index in [4.69, 9.17) is 4.74 Å². The van der Waals surface area contributed by atoms with E-state index in [2.05, 4.69) is 0 Å². The number of nitrogens with zero attached hydrogens (tertiary/aromatic N) is 2. The maximum absolute atomic E-state index is 14.4. The van der Waals surface area contributed by atoms with E-state index >= 15 is 0 Å². The van der Waals surface area contributed by atoms with Crippen LogP contribution in [0.25, 0.3) is 10.8 Å². The summed E-state index contributed by atoms with van der Waals surface area (Å²) in [6.07, 6.45) is 1.38. The molecule has 3 aliphatic heterocycles. The lowest BCUT2D eigenvalue weighted by Crippen LogP contribution is -2.40. The van der Waals surface area contributed by atoms with Crippen LogP contribution in [-0.4, -0.2) is 27.9 Å². The zero-order valence-corrected chi connectivity index (χ0v) is 15.3. The van der Waals surface area contributed by atoms with Gasteiger partial charge in [-0.25, -0.2) is 9.29 Å². The summed E-state index contributed by atoms with van der Waals surface area (Å²) in [4.78, 5) is 38.3. The number of rotatable bonds is 2. The van der Waals surface area contributed by atoms with Crippen LogP contribution in [0.15, 0.2) is 30.3 Å². The normalized spacial score (nSPS) is 33.8. The van der Waals surface area contributed by atoms with Crippen molar-refractivity contribution in [2.45, 2.75) is 37.9 Å². The fourth-order valence-corrected chi connectivity index (χ4v) is 5.38. The molecule has 4 atom stereocenters. The van der Waals surface area contributed by atoms with Crippen molar-refractivity contribution in [1.29, 1.82) is 0 Å². The molecule has 7 nitrogen and oxygen atoms in total. The lowest BCUT2D eigenvalue weighted by atomic mass is 9.69. The number of hydrogen-bond donors (Lipinski definition) is 0. The number of anilines is 1. The average molecular weight is 384 g/mol. The quantitative estimate of drug-likeness (QED) is 0.450. The number of carbonyl (C=O) groups excluding carboxylic acids is 2. The van der Waals surface area contributed by atoms with E-state index in [1.807, 2.05) is 13.8 Å². The third-order valence-corrected chi connectivity index (χ3v) is 6.59. The molecule has 0 aliphatic carbocycles. The molecule has 0 aromatic heterocycles. The number of imide groups is 1. The highest BCUT2D eigenvalue weighted by Gasteiger charge is 2.72. The largest absolute Gasteiger partial charge is 0.367 e. The Balaban J connectivity index is 1.72. The fourth-order valence-electron chi connectivity index (χ4n) is 5.38. The van der Waals surface area contributed by atoms with Gasteiger partial charge < -0.3 is 4.74 Å². The highest BCUT2D eigenvalue weighted by molar-refractivity contribution is 6.26. The maximum atomic E-state index is 14.4. The van der Waals surface area contributed by atoms with Crippen LogP contribution in [0.4, 0.5) is 15.8 Å². The second-order valence-electron chi connectivity index (χ2n) is 8.22. The van der Waals surface area contributed by atoms with Gasteiger partial charge in [0, 0.05) is 11.5 Å². The number of non-ortho nitro benzene ring substituents is 1. The molecule has 2 aromatic carbocycles. The van der Waals surface area contributed by atoms with E-state index in [1.165, 1.54) is 18.2 Å². The van der Waals surface area contributed by atoms with Gasteiger partial charge in [0.2, 0.25) is 11.8 Å². The van der Waals surface area contributed by atoms with Crippen molar-refractivity contribution in [3.05, 3.63) is 46.3 Å². The third kappa shape index (κ3) is 1.90. The lowest BCUT2D eigenvalue weighted by molar-refractivity contribution is -0.383. The Labute approximate surface area is 159 Å². The standard InChI is InChI=1S/C20H17FN2O5/c1-19-8-9-20(2,28-19)16-15(19)17(24)22(18(16)25)12-6-7-13(23(26)27)14-10(12)4-3-5-11(14)21/h3-7,15-16H,8-9H2,1-2H3/t15-,16+,19+,20?/m1/s1. The summed E-state index contributed by atoms with van der Waals surface area (Å²) in [5.41, 5.74) is -1.64. The van der Waals surface area contributed by atoms with Crippen molar-refractivity contribution < 1.29 is 23.6 Å². The molecule has 3 saturated heterocycles. The summed E-state index contributed by atoms with van der Waals surface area (Å²) in [7, 11) is 0. The van der Waals surface area contributed by atoms with Crippen LogP contribution >= 0.6 is 0 Å². The van der Waals surface area contributed by atoms with E-state index in [-0.39, 0.29) is 28.3 Å². The number of hydrogen-bond acceptors (Lipinski definition) is 5. The number of benzene rings is 2. The summed E-state index contributed by atoms with van der Waals surface area (Å²) in [5.74, 6) is -2.75. The number of amides is 2. The summed E-state index contributed by atoms with van der Waals surface area (Å²) in [6.45, 7) is 3.70. The van der Waals surface area contributed by atoms with E-state index in [9.17, 15) is 24.1 Å². The molecular weight excluding hydrogens is 367 g/mol. The zero-order chi connectivity index (χ0) is 20.0. The Kier molecular flexibility index (Phi) is 3.16. The van der Waals surface area contributed by atoms with Gasteiger partial charge in [-0.2, -0.15) is 0 Å². The van der Waals surface area contributed by atoms with Gasteiger partial charge in [0.15, 0.2) is 0 Å². The molecule has 3 aliphatic rings. The lowest BCUT2D eigenvalue weighted by Gasteiger charge is -2.27. The predicted molar refractivity (Wildman–Crippen MR) is 97.2 cm³/mol. The SMILES string of the molecule is CC12CC[C@](C)(O1)[C@H]1C(=O)N(c3ccc([N+](=O)[O-])c4c(F)cccc34)C(=O)[C@H]12. The summed E-state index contributed by atoms with van der Waals surface area (Å²) in [6, 6.07) is 6.52. The van der Waals surface area contributed by atoms with Crippen LogP contribution in [-0.2, 0) is 14.3 Å². The van der Waals surface area contributed by atoms with Crippen LogP contribution in [0.3, 0.4) is 0 Å². The van der Waals surface area contributed by atoms with Gasteiger partial charge in [0.25, 0.3) is 5.69 Å². The molecule has 3 fully saturated rings. The Morgan fingerprint density at radius 2 is 1.71 bits per heavy atom. The molecule has 0 N–H and O–H groups in total. The molecule has 0 spiro atoms. The van der Waals surface area contributed by atoms with Crippen molar-refractivity contribution in [3.63, 3.8) is 0 Å². The van der Waals surface area contributed by atoms with Crippen LogP contribution < -0.4 is 4.90 Å². The summed E-state index contributed by atoms with van der Waals surface area (Å²) >= 11 is 0. The second kappa shape index (κ2) is 5.14. The molecule has 3 heterocycles. The molecule has 0 radical (unpaired) electrons. The van der Waals surface area contributed by atoms with Crippen LogP contribution in [0.5, 0.6) is 0 Å². The van der Waals surface area contributed by atoms with Gasteiger partial charge in [-0.3, -0.25) is 19.7 Å².